The highest BCUT2D eigenvalue weighted by Gasteiger charge is 2.43. The van der Waals surface area contributed by atoms with Gasteiger partial charge in [-0.1, -0.05) is 12.1 Å². The first-order valence-corrected chi connectivity index (χ1v) is 12.0. The first-order chi connectivity index (χ1) is 17.4. The number of oxazole rings is 1. The highest BCUT2D eigenvalue weighted by molar-refractivity contribution is 6.05. The normalized spacial score (nSPS) is 21.5. The third-order valence-corrected chi connectivity index (χ3v) is 7.19. The van der Waals surface area contributed by atoms with Gasteiger partial charge in [-0.2, -0.15) is 13.2 Å². The van der Waals surface area contributed by atoms with Crippen molar-refractivity contribution in [2.45, 2.75) is 31.5 Å². The zero-order valence-electron chi connectivity index (χ0n) is 19.4. The summed E-state index contributed by atoms with van der Waals surface area (Å²) in [6.07, 6.45) is 0.0801. The molecule has 2 bridgehead atoms. The van der Waals surface area contributed by atoms with Gasteiger partial charge in [0.1, 0.15) is 5.82 Å². The number of piperidine rings is 1. The molecule has 36 heavy (non-hydrogen) atoms. The molecule has 2 atom stereocenters. The molecule has 1 unspecified atom stereocenters. The van der Waals surface area contributed by atoms with Gasteiger partial charge in [0.15, 0.2) is 18.0 Å². The number of carbonyl (C=O) groups excluding carboxylic acids is 1. The molecule has 3 aliphatic rings. The molecule has 0 saturated carbocycles. The van der Waals surface area contributed by atoms with Crippen LogP contribution < -0.4 is 20.0 Å². The molecule has 11 heteroatoms. The van der Waals surface area contributed by atoms with Crippen molar-refractivity contribution < 1.29 is 22.4 Å². The smallest absolute Gasteiger partial charge is 0.393 e. The Kier molecular flexibility index (Phi) is 5.50. The van der Waals surface area contributed by atoms with E-state index in [-0.39, 0.29) is 25.0 Å². The van der Waals surface area contributed by atoms with Gasteiger partial charge in [-0.3, -0.25) is 4.90 Å². The lowest BCUT2D eigenvalue weighted by atomic mass is 9.97. The molecule has 0 aliphatic carbocycles. The quantitative estimate of drug-likeness (QED) is 0.539. The van der Waals surface area contributed by atoms with Crippen LogP contribution in [-0.2, 0) is 0 Å². The maximum Gasteiger partial charge on any atom is 0.393 e. The molecule has 3 aliphatic heterocycles. The summed E-state index contributed by atoms with van der Waals surface area (Å²) >= 11 is 0. The Morgan fingerprint density at radius 2 is 1.97 bits per heavy atom. The van der Waals surface area contributed by atoms with Crippen molar-refractivity contribution in [1.29, 1.82) is 0 Å². The minimum Gasteiger partial charge on any atom is -0.444 e. The topological polar surface area (TPSA) is 77.7 Å². The van der Waals surface area contributed by atoms with E-state index in [0.29, 0.717) is 42.6 Å². The summed E-state index contributed by atoms with van der Waals surface area (Å²) in [7, 11) is 0. The number of halogens is 3. The number of anilines is 4. The van der Waals surface area contributed by atoms with E-state index < -0.39 is 12.1 Å². The summed E-state index contributed by atoms with van der Waals surface area (Å²) < 4.78 is 45.5. The number of nitrogens with zero attached hydrogens (tertiary/aromatic N) is 5. The van der Waals surface area contributed by atoms with Crippen LogP contribution in [0, 0.1) is 5.92 Å². The summed E-state index contributed by atoms with van der Waals surface area (Å²) in [4.78, 5) is 27.8. The molecule has 188 valence electrons. The molecule has 8 nitrogen and oxygen atoms in total. The lowest BCUT2D eigenvalue weighted by Gasteiger charge is -2.38. The molecule has 5 heterocycles. The SMILES string of the molecule is O=C(Nc1cccc(-c2cnco2)c1)N1c2nc(N3CCCC(C(F)(F)F)C3)ccc2N2CC[C@H]1C2. The van der Waals surface area contributed by atoms with Gasteiger partial charge in [0.05, 0.1) is 23.8 Å². The van der Waals surface area contributed by atoms with E-state index >= 15 is 0 Å². The van der Waals surface area contributed by atoms with Crippen LogP contribution in [0.25, 0.3) is 11.3 Å². The van der Waals surface area contributed by atoms with E-state index in [2.05, 4.69) is 15.2 Å². The Labute approximate surface area is 205 Å². The molecule has 1 N–H and O–H groups in total. The monoisotopic (exact) mass is 498 g/mol. The van der Waals surface area contributed by atoms with E-state index in [1.54, 1.807) is 34.2 Å². The highest BCUT2D eigenvalue weighted by atomic mass is 19.4. The maximum atomic E-state index is 13.5. The van der Waals surface area contributed by atoms with Crippen LogP contribution in [0.3, 0.4) is 0 Å². The minimum absolute atomic E-state index is 0.0676. The van der Waals surface area contributed by atoms with Crippen LogP contribution in [0.5, 0.6) is 0 Å². The second-order valence-electron chi connectivity index (χ2n) is 9.47. The Balaban J connectivity index is 1.28. The van der Waals surface area contributed by atoms with Crippen molar-refractivity contribution in [3.63, 3.8) is 0 Å². The van der Waals surface area contributed by atoms with Gasteiger partial charge in [0.25, 0.3) is 0 Å². The Hall–Kier alpha value is -3.76. The molecule has 3 aromatic rings. The third-order valence-electron chi connectivity index (χ3n) is 7.19. The van der Waals surface area contributed by atoms with E-state index in [1.165, 1.54) is 6.39 Å². The number of hydrogen-bond acceptors (Lipinski definition) is 6. The zero-order chi connectivity index (χ0) is 24.9. The summed E-state index contributed by atoms with van der Waals surface area (Å²) in [5.41, 5.74) is 2.19. The third kappa shape index (κ3) is 4.12. The number of nitrogens with one attached hydrogen (secondary N) is 1. The van der Waals surface area contributed by atoms with Crippen molar-refractivity contribution in [2.75, 3.05) is 46.2 Å². The lowest BCUT2D eigenvalue weighted by molar-refractivity contribution is -0.176. The minimum atomic E-state index is -4.23. The molecular weight excluding hydrogens is 473 g/mol. The molecule has 1 aromatic carbocycles. The molecule has 6 rings (SSSR count). The van der Waals surface area contributed by atoms with Gasteiger partial charge in [0.2, 0.25) is 0 Å². The zero-order valence-corrected chi connectivity index (χ0v) is 19.4. The number of aromatic nitrogens is 2. The van der Waals surface area contributed by atoms with E-state index in [4.69, 9.17) is 9.40 Å². The maximum absolute atomic E-state index is 13.5. The summed E-state index contributed by atoms with van der Waals surface area (Å²) in [6.45, 7) is 1.87. The lowest BCUT2D eigenvalue weighted by Crippen LogP contribution is -2.48. The molecule has 2 saturated heterocycles. The number of amides is 2. The highest BCUT2D eigenvalue weighted by Crippen LogP contribution is 2.41. The van der Waals surface area contributed by atoms with Gasteiger partial charge in [-0.15, -0.1) is 0 Å². The van der Waals surface area contributed by atoms with Gasteiger partial charge in [0, 0.05) is 37.4 Å². The molecular formula is C25H25F3N6O2. The predicted molar refractivity (Wildman–Crippen MR) is 129 cm³/mol. The van der Waals surface area contributed by atoms with Gasteiger partial charge >= 0.3 is 12.2 Å². The standard InChI is InChI=1S/C25H25F3N6O2/c26-25(27,28)17-4-2-9-33(13-17)22-7-6-20-23(31-22)34(19-8-10-32(20)14-19)24(35)30-18-5-1-3-16(11-18)21-12-29-15-36-21/h1,3,5-7,11-12,15,17,19H,2,4,8-10,13-14H2,(H,30,35)/t17?,19-/m0/s1. The van der Waals surface area contributed by atoms with Crippen molar-refractivity contribution in [1.82, 2.24) is 9.97 Å². The number of fused-ring (bicyclic) bond motifs is 4. The first kappa shape index (κ1) is 22.7. The van der Waals surface area contributed by atoms with Crippen molar-refractivity contribution in [3.05, 3.63) is 49.0 Å². The fourth-order valence-corrected chi connectivity index (χ4v) is 5.38. The van der Waals surface area contributed by atoms with Crippen LogP contribution in [0.4, 0.5) is 41.0 Å². The predicted octanol–water partition coefficient (Wildman–Crippen LogP) is 5.15. The summed E-state index contributed by atoms with van der Waals surface area (Å²) in [6, 6.07) is 10.5. The Morgan fingerprint density at radius 1 is 1.08 bits per heavy atom. The summed E-state index contributed by atoms with van der Waals surface area (Å²) in [5.74, 6) is 0.167. The number of carbonyl (C=O) groups is 1. The van der Waals surface area contributed by atoms with Crippen LogP contribution >= 0.6 is 0 Å². The Bertz CT molecular complexity index is 1260. The van der Waals surface area contributed by atoms with Gasteiger partial charge < -0.3 is 19.5 Å². The second-order valence-corrected chi connectivity index (χ2v) is 9.47. The second kappa shape index (κ2) is 8.72. The average Bonchev–Trinajstić information content (AvgIpc) is 3.55. The first-order valence-electron chi connectivity index (χ1n) is 12.0. The van der Waals surface area contributed by atoms with Gasteiger partial charge in [-0.05, 0) is 43.5 Å². The van der Waals surface area contributed by atoms with Crippen LogP contribution in [0.2, 0.25) is 0 Å². The number of pyridine rings is 1. The van der Waals surface area contributed by atoms with E-state index in [0.717, 1.165) is 24.2 Å². The van der Waals surface area contributed by atoms with Crippen molar-refractivity contribution in [2.24, 2.45) is 5.92 Å². The van der Waals surface area contributed by atoms with Crippen LogP contribution in [-0.4, -0.2) is 54.4 Å². The fourth-order valence-electron chi connectivity index (χ4n) is 5.38. The number of alkyl halides is 3. The van der Waals surface area contributed by atoms with Crippen LogP contribution in [0.1, 0.15) is 19.3 Å². The van der Waals surface area contributed by atoms with E-state index in [1.807, 2.05) is 18.2 Å². The number of urea groups is 1. The molecule has 0 radical (unpaired) electrons. The number of benzene rings is 1. The fraction of sp³-hybridized carbons (Fsp3) is 0.400. The largest absolute Gasteiger partial charge is 0.444 e. The van der Waals surface area contributed by atoms with Crippen molar-refractivity contribution in [3.8, 4) is 11.3 Å². The molecule has 0 spiro atoms. The summed E-state index contributed by atoms with van der Waals surface area (Å²) in [5, 5.41) is 2.97. The van der Waals surface area contributed by atoms with Gasteiger partial charge in [-0.25, -0.2) is 14.8 Å². The molecule has 2 aromatic heterocycles. The van der Waals surface area contributed by atoms with E-state index in [9.17, 15) is 18.0 Å². The number of rotatable bonds is 3. The number of hydrogen-bond donors (Lipinski definition) is 1. The van der Waals surface area contributed by atoms with Crippen LogP contribution in [0.15, 0.2) is 53.4 Å². The molecule has 2 fully saturated rings. The van der Waals surface area contributed by atoms with Crippen molar-refractivity contribution >= 4 is 29.0 Å². The average molecular weight is 499 g/mol. The Morgan fingerprint density at radius 3 is 2.78 bits per heavy atom. The molecule has 2 amide bonds.